The summed E-state index contributed by atoms with van der Waals surface area (Å²) in [5.41, 5.74) is 2.80. The van der Waals surface area contributed by atoms with Crippen molar-refractivity contribution < 1.29 is 33.2 Å². The van der Waals surface area contributed by atoms with Crippen molar-refractivity contribution in [2.24, 2.45) is 0 Å². The second kappa shape index (κ2) is 15.5. The molecule has 2 aromatic heterocycles. The Kier molecular flexibility index (Phi) is 10.7. The van der Waals surface area contributed by atoms with Gasteiger partial charge in [-0.05, 0) is 64.9 Å². The van der Waals surface area contributed by atoms with E-state index in [-0.39, 0.29) is 18.3 Å². The zero-order chi connectivity index (χ0) is 37.0. The molecule has 6 aromatic rings. The van der Waals surface area contributed by atoms with Gasteiger partial charge >= 0.3 is 0 Å². The second-order valence-electron chi connectivity index (χ2n) is 12.5. The van der Waals surface area contributed by atoms with Crippen molar-refractivity contribution in [1.29, 1.82) is 0 Å². The van der Waals surface area contributed by atoms with Crippen LogP contribution in [0.15, 0.2) is 122 Å². The van der Waals surface area contributed by atoms with Crippen LogP contribution in [0, 0.1) is 0 Å². The Bertz CT molecular complexity index is 2170. The van der Waals surface area contributed by atoms with Crippen molar-refractivity contribution in [2.45, 2.75) is 30.5 Å². The lowest BCUT2D eigenvalue weighted by molar-refractivity contribution is -0.0900. The molecule has 272 valence electrons. The molecule has 0 saturated carbocycles. The number of nitrogens with zero attached hydrogens (tertiary/aromatic N) is 4. The van der Waals surface area contributed by atoms with Gasteiger partial charge < -0.3 is 33.7 Å². The fraction of sp³-hybridized carbons (Fsp3) is 0.231. The molecule has 12 nitrogen and oxygen atoms in total. The summed E-state index contributed by atoms with van der Waals surface area (Å²) < 4.78 is 32.7. The number of aromatic nitrogens is 4. The number of nitrogens with one attached hydrogen (secondary N) is 1. The summed E-state index contributed by atoms with van der Waals surface area (Å²) in [4.78, 5) is 37.1. The first-order valence-corrected chi connectivity index (χ1v) is 20.0. The summed E-state index contributed by atoms with van der Waals surface area (Å²) in [6.45, 7) is -1.58. The average Bonchev–Trinajstić information content (AvgIpc) is 3.80. The van der Waals surface area contributed by atoms with E-state index in [0.717, 1.165) is 16.7 Å². The van der Waals surface area contributed by atoms with Gasteiger partial charge in [-0.25, -0.2) is 15.0 Å². The van der Waals surface area contributed by atoms with E-state index in [4.69, 9.17) is 35.3 Å². The maximum Gasteiger partial charge on any atom is 0.256 e. The number of benzene rings is 4. The molecule has 1 aliphatic rings. The number of imidazole rings is 1. The molecule has 1 saturated heterocycles. The molecule has 7 rings (SSSR count). The van der Waals surface area contributed by atoms with Crippen molar-refractivity contribution >= 4 is 41.2 Å². The van der Waals surface area contributed by atoms with Crippen LogP contribution in [0.1, 0.15) is 39.7 Å². The number of fused-ring (bicyclic) bond motifs is 1. The van der Waals surface area contributed by atoms with Gasteiger partial charge in [-0.1, -0.05) is 72.8 Å². The van der Waals surface area contributed by atoms with Crippen LogP contribution in [0.5, 0.6) is 11.5 Å². The number of carbonyl (C=O) groups is 1. The predicted octanol–water partition coefficient (Wildman–Crippen LogP) is 6.71. The Balaban J connectivity index is 1.23. The van der Waals surface area contributed by atoms with Crippen LogP contribution >= 0.6 is 6.49 Å². The number of ether oxygens (including phenoxy) is 4. The Labute approximate surface area is 311 Å². The minimum Gasteiger partial charge on any atom is -0.497 e. The lowest BCUT2D eigenvalue weighted by Crippen LogP contribution is -2.38. The molecule has 0 spiro atoms. The van der Waals surface area contributed by atoms with Gasteiger partial charge in [-0.2, -0.15) is 0 Å². The third-order valence-electron chi connectivity index (χ3n) is 9.09. The molecule has 0 bridgehead atoms. The molecule has 0 aliphatic carbocycles. The summed E-state index contributed by atoms with van der Waals surface area (Å²) in [5.74, 6) is 1.35. The largest absolute Gasteiger partial charge is 0.497 e. The smallest absolute Gasteiger partial charge is 0.256 e. The molecule has 4 aromatic carbocycles. The normalized spacial score (nSPS) is 18.4. The molecule has 1 aliphatic heterocycles. The molecule has 14 heteroatoms. The minimum atomic E-state index is -3.14. The third kappa shape index (κ3) is 7.72. The quantitative estimate of drug-likeness (QED) is 0.0962. The highest BCUT2D eigenvalue weighted by molar-refractivity contribution is 8.09. The number of methoxy groups -OCH3 is 2. The van der Waals surface area contributed by atoms with E-state index in [0.29, 0.717) is 34.6 Å². The first kappa shape index (κ1) is 36.4. The summed E-state index contributed by atoms with van der Waals surface area (Å²) in [6, 6.07) is 34.3. The zero-order valence-electron chi connectivity index (χ0n) is 29.2. The van der Waals surface area contributed by atoms with E-state index in [2.05, 4.69) is 20.3 Å². The predicted molar refractivity (Wildman–Crippen MR) is 204 cm³/mol. The molecule has 1 fully saturated rings. The van der Waals surface area contributed by atoms with Gasteiger partial charge in [0, 0.05) is 18.6 Å². The topological polar surface area (TPSA) is 139 Å². The van der Waals surface area contributed by atoms with Crippen molar-refractivity contribution in [2.75, 3.05) is 32.8 Å². The SMILES string of the molecule is COc1ccc(C(OC[C@H]2O[C@@H](n3cnc4c(NC(=O)c5ccccc5)ncnc43)C[C@@H]2OP(C)(O)=S)(c2ccccc2)c2ccc(OC)cc2)cc1. The Morgan fingerprint density at radius 2 is 1.47 bits per heavy atom. The first-order valence-electron chi connectivity index (χ1n) is 16.8. The van der Waals surface area contributed by atoms with Gasteiger partial charge in [-0.15, -0.1) is 0 Å². The number of hydrogen-bond acceptors (Lipinski definition) is 10. The molecule has 4 atom stereocenters. The summed E-state index contributed by atoms with van der Waals surface area (Å²) in [6.07, 6.45) is 1.32. The van der Waals surface area contributed by atoms with E-state index in [1.54, 1.807) is 49.4 Å². The minimum absolute atomic E-state index is 0.0451. The molecular weight excluding hydrogens is 713 g/mol. The van der Waals surface area contributed by atoms with Crippen LogP contribution in [0.4, 0.5) is 5.82 Å². The van der Waals surface area contributed by atoms with Crippen LogP contribution in [0.3, 0.4) is 0 Å². The number of carbonyl (C=O) groups excluding carboxylic acids is 1. The number of rotatable bonds is 13. The first-order chi connectivity index (χ1) is 25.7. The average molecular weight is 752 g/mol. The highest BCUT2D eigenvalue weighted by Crippen LogP contribution is 2.47. The van der Waals surface area contributed by atoms with E-state index < -0.39 is 30.5 Å². The van der Waals surface area contributed by atoms with Crippen molar-refractivity contribution in [3.8, 4) is 11.5 Å². The lowest BCUT2D eigenvalue weighted by atomic mass is 9.80. The Hall–Kier alpha value is -5.01. The van der Waals surface area contributed by atoms with Crippen molar-refractivity contribution in [3.05, 3.63) is 144 Å². The van der Waals surface area contributed by atoms with Gasteiger partial charge in [0.1, 0.15) is 35.8 Å². The summed E-state index contributed by atoms with van der Waals surface area (Å²) >= 11 is 5.37. The summed E-state index contributed by atoms with van der Waals surface area (Å²) in [7, 11) is 3.25. The van der Waals surface area contributed by atoms with Crippen LogP contribution < -0.4 is 14.8 Å². The van der Waals surface area contributed by atoms with Crippen molar-refractivity contribution in [3.63, 3.8) is 0 Å². The van der Waals surface area contributed by atoms with Gasteiger partial charge in [0.15, 0.2) is 23.5 Å². The van der Waals surface area contributed by atoms with Gasteiger partial charge in [0.05, 0.1) is 33.3 Å². The van der Waals surface area contributed by atoms with E-state index >= 15 is 0 Å². The molecular formula is C39H38N5O7PS. The highest BCUT2D eigenvalue weighted by atomic mass is 32.5. The third-order valence-corrected chi connectivity index (χ3v) is 10.0. The zero-order valence-corrected chi connectivity index (χ0v) is 30.9. The van der Waals surface area contributed by atoms with E-state index in [1.807, 2.05) is 84.9 Å². The Morgan fingerprint density at radius 1 is 0.887 bits per heavy atom. The van der Waals surface area contributed by atoms with Crippen molar-refractivity contribution in [1.82, 2.24) is 19.5 Å². The fourth-order valence-corrected chi connectivity index (χ4v) is 7.64. The standard InChI is InChI=1S/C39H38N5O7PS/c1-47-30-18-14-28(15-19-30)39(27-12-8-5-9-13-27,29-16-20-31(48-2)21-17-29)49-23-33-32(51-52(3,46)53)22-34(50-33)44-25-42-35-36(40-24-41-37(35)44)43-38(45)26-10-6-4-7-11-26/h4-21,24-25,32-34H,22-23H2,1-3H3,(H,46,53)(H,40,41,43,45)/t32-,33+,34+,52?/m0/s1. The second-order valence-corrected chi connectivity index (χ2v) is 16.3. The number of hydrogen-bond donors (Lipinski definition) is 2. The van der Waals surface area contributed by atoms with Gasteiger partial charge in [0.25, 0.3) is 5.91 Å². The molecule has 3 heterocycles. The maximum atomic E-state index is 13.0. The lowest BCUT2D eigenvalue weighted by Gasteiger charge is -2.37. The molecule has 1 amide bonds. The molecule has 53 heavy (non-hydrogen) atoms. The number of anilines is 1. The van der Waals surface area contributed by atoms with Crippen LogP contribution in [-0.2, 0) is 31.4 Å². The van der Waals surface area contributed by atoms with Crippen LogP contribution in [0.25, 0.3) is 11.2 Å². The molecule has 2 N–H and O–H groups in total. The van der Waals surface area contributed by atoms with E-state index in [9.17, 15) is 9.69 Å². The monoisotopic (exact) mass is 751 g/mol. The summed E-state index contributed by atoms with van der Waals surface area (Å²) in [5, 5.41) is 2.84. The van der Waals surface area contributed by atoms with Crippen LogP contribution in [0.2, 0.25) is 0 Å². The molecule has 1 unspecified atom stereocenters. The van der Waals surface area contributed by atoms with Crippen LogP contribution in [-0.4, -0.2) is 70.0 Å². The fourth-order valence-electron chi connectivity index (χ4n) is 6.59. The Morgan fingerprint density at radius 3 is 2.06 bits per heavy atom. The highest BCUT2D eigenvalue weighted by Gasteiger charge is 2.44. The number of amides is 1. The molecule has 0 radical (unpaired) electrons. The van der Waals surface area contributed by atoms with Gasteiger partial charge in [0.2, 0.25) is 0 Å². The van der Waals surface area contributed by atoms with Gasteiger partial charge in [-0.3, -0.25) is 9.36 Å². The van der Waals surface area contributed by atoms with E-state index in [1.165, 1.54) is 13.0 Å². The maximum absolute atomic E-state index is 13.0.